The minimum atomic E-state index is 0.595. The van der Waals surface area contributed by atoms with E-state index in [1.807, 2.05) is 30.3 Å². The van der Waals surface area contributed by atoms with Crippen LogP contribution < -0.4 is 29.7 Å². The normalized spacial score (nSPS) is 13.4. The van der Waals surface area contributed by atoms with E-state index in [1.54, 1.807) is 27.5 Å². The number of nitrogens with one attached hydrogen (secondary N) is 2. The van der Waals surface area contributed by atoms with E-state index in [2.05, 4.69) is 44.8 Å². The van der Waals surface area contributed by atoms with Crippen molar-refractivity contribution in [2.24, 2.45) is 0 Å². The molecule has 1 aliphatic heterocycles. The molecule has 37 heavy (non-hydrogen) atoms. The van der Waals surface area contributed by atoms with E-state index in [9.17, 15) is 0 Å². The number of aromatic nitrogens is 2. The minimum absolute atomic E-state index is 0.595. The molecule has 5 rings (SSSR count). The molecule has 3 aromatic carbocycles. The molecule has 0 atom stereocenters. The number of hydrogen-bond acceptors (Lipinski definition) is 8. The first-order valence-electron chi connectivity index (χ1n) is 12.5. The van der Waals surface area contributed by atoms with Crippen molar-refractivity contribution < 1.29 is 14.2 Å². The van der Waals surface area contributed by atoms with Gasteiger partial charge in [0.2, 0.25) is 5.95 Å². The summed E-state index contributed by atoms with van der Waals surface area (Å²) in [5.41, 5.74) is 4.21. The van der Waals surface area contributed by atoms with Crippen molar-refractivity contribution in [1.82, 2.24) is 15.3 Å². The SMILES string of the molecule is COc1ccc2cc(-c3ccnc(NCCc4cccc(OC)c4OC)n3)cc(N3CCNCC3)c2c1. The van der Waals surface area contributed by atoms with Gasteiger partial charge in [0, 0.05) is 55.6 Å². The molecule has 0 spiro atoms. The summed E-state index contributed by atoms with van der Waals surface area (Å²) in [7, 11) is 5.02. The van der Waals surface area contributed by atoms with Crippen LogP contribution in [0.15, 0.2) is 60.8 Å². The molecule has 0 bridgehead atoms. The molecule has 0 amide bonds. The van der Waals surface area contributed by atoms with Gasteiger partial charge in [-0.2, -0.15) is 0 Å². The quantitative estimate of drug-likeness (QED) is 0.351. The van der Waals surface area contributed by atoms with E-state index in [0.29, 0.717) is 12.5 Å². The molecule has 1 aromatic heterocycles. The van der Waals surface area contributed by atoms with Gasteiger partial charge in [0.05, 0.1) is 27.0 Å². The minimum Gasteiger partial charge on any atom is -0.497 e. The van der Waals surface area contributed by atoms with Crippen LogP contribution in [0, 0.1) is 0 Å². The van der Waals surface area contributed by atoms with Crippen LogP contribution in [-0.4, -0.2) is 64.0 Å². The average Bonchev–Trinajstić information content (AvgIpc) is 2.96. The number of ether oxygens (including phenoxy) is 3. The summed E-state index contributed by atoms with van der Waals surface area (Å²) in [6.45, 7) is 4.52. The number of hydrogen-bond donors (Lipinski definition) is 2. The Bertz CT molecular complexity index is 1370. The Kier molecular flexibility index (Phi) is 7.56. The van der Waals surface area contributed by atoms with Gasteiger partial charge in [-0.05, 0) is 53.8 Å². The molecule has 0 radical (unpaired) electrons. The summed E-state index contributed by atoms with van der Waals surface area (Å²) < 4.78 is 16.5. The second-order valence-corrected chi connectivity index (χ2v) is 8.91. The number of methoxy groups -OCH3 is 3. The highest BCUT2D eigenvalue weighted by molar-refractivity contribution is 5.98. The van der Waals surface area contributed by atoms with Crippen LogP contribution in [0.2, 0.25) is 0 Å². The molecule has 4 aromatic rings. The van der Waals surface area contributed by atoms with E-state index in [0.717, 1.165) is 72.1 Å². The van der Waals surface area contributed by atoms with Crippen LogP contribution in [-0.2, 0) is 6.42 Å². The standard InChI is InChI=1S/C29H33N5O3/c1-35-23-8-7-21-17-22(18-26(24(21)19-23)34-15-13-30-14-16-34)25-10-12-32-29(33-25)31-11-9-20-5-4-6-27(36-2)28(20)37-3/h4-8,10,12,17-19,30H,9,11,13-16H2,1-3H3,(H,31,32,33). The number of benzene rings is 3. The molecule has 2 N–H and O–H groups in total. The second-order valence-electron chi connectivity index (χ2n) is 8.91. The fourth-order valence-corrected chi connectivity index (χ4v) is 4.82. The van der Waals surface area contributed by atoms with Crippen LogP contribution in [0.4, 0.5) is 11.6 Å². The lowest BCUT2D eigenvalue weighted by Crippen LogP contribution is -2.43. The van der Waals surface area contributed by atoms with Crippen molar-refractivity contribution in [2.45, 2.75) is 6.42 Å². The zero-order valence-corrected chi connectivity index (χ0v) is 21.6. The van der Waals surface area contributed by atoms with E-state index in [1.165, 1.54) is 11.1 Å². The third-order valence-electron chi connectivity index (χ3n) is 6.71. The molecule has 1 fully saturated rings. The molecule has 2 heterocycles. The fraction of sp³-hybridized carbons (Fsp3) is 0.310. The second kappa shape index (κ2) is 11.3. The van der Waals surface area contributed by atoms with E-state index in [-0.39, 0.29) is 0 Å². The Morgan fingerprint density at radius 2 is 1.81 bits per heavy atom. The van der Waals surface area contributed by atoms with Gasteiger partial charge < -0.3 is 29.7 Å². The fourth-order valence-electron chi connectivity index (χ4n) is 4.82. The van der Waals surface area contributed by atoms with Gasteiger partial charge in [-0.3, -0.25) is 0 Å². The van der Waals surface area contributed by atoms with Crippen molar-refractivity contribution in [2.75, 3.05) is 64.3 Å². The number of nitrogens with zero attached hydrogens (tertiary/aromatic N) is 3. The van der Waals surface area contributed by atoms with Crippen LogP contribution in [0.5, 0.6) is 17.2 Å². The Balaban J connectivity index is 1.40. The van der Waals surface area contributed by atoms with Crippen LogP contribution in [0.3, 0.4) is 0 Å². The maximum Gasteiger partial charge on any atom is 0.223 e. The lowest BCUT2D eigenvalue weighted by Gasteiger charge is -2.31. The third kappa shape index (κ3) is 5.39. The Morgan fingerprint density at radius 3 is 2.59 bits per heavy atom. The van der Waals surface area contributed by atoms with Gasteiger partial charge in [-0.15, -0.1) is 0 Å². The summed E-state index contributed by atoms with van der Waals surface area (Å²) >= 11 is 0. The number of fused-ring (bicyclic) bond motifs is 1. The largest absolute Gasteiger partial charge is 0.497 e. The molecular formula is C29H33N5O3. The van der Waals surface area contributed by atoms with Crippen LogP contribution in [0.25, 0.3) is 22.0 Å². The predicted molar refractivity (Wildman–Crippen MR) is 148 cm³/mol. The topological polar surface area (TPSA) is 80.8 Å². The van der Waals surface area contributed by atoms with Crippen molar-refractivity contribution in [1.29, 1.82) is 0 Å². The molecule has 0 saturated carbocycles. The Morgan fingerprint density at radius 1 is 0.946 bits per heavy atom. The Hall–Kier alpha value is -4.04. The van der Waals surface area contributed by atoms with Crippen molar-refractivity contribution in [3.8, 4) is 28.5 Å². The van der Waals surface area contributed by atoms with E-state index in [4.69, 9.17) is 19.2 Å². The van der Waals surface area contributed by atoms with E-state index >= 15 is 0 Å². The molecule has 1 aliphatic rings. The highest BCUT2D eigenvalue weighted by Crippen LogP contribution is 2.35. The van der Waals surface area contributed by atoms with Crippen LogP contribution >= 0.6 is 0 Å². The number of para-hydroxylation sites is 1. The summed E-state index contributed by atoms with van der Waals surface area (Å²) in [4.78, 5) is 11.7. The van der Waals surface area contributed by atoms with Gasteiger partial charge in [0.25, 0.3) is 0 Å². The van der Waals surface area contributed by atoms with Gasteiger partial charge in [-0.25, -0.2) is 9.97 Å². The first-order chi connectivity index (χ1) is 18.2. The van der Waals surface area contributed by atoms with Gasteiger partial charge in [0.15, 0.2) is 11.5 Å². The van der Waals surface area contributed by atoms with Crippen molar-refractivity contribution >= 4 is 22.4 Å². The predicted octanol–water partition coefficient (Wildman–Crippen LogP) is 4.39. The number of piperazine rings is 1. The first kappa shape index (κ1) is 24.6. The molecule has 0 aliphatic carbocycles. The lowest BCUT2D eigenvalue weighted by molar-refractivity contribution is 0.352. The summed E-state index contributed by atoms with van der Waals surface area (Å²) in [6.07, 6.45) is 2.55. The maximum atomic E-state index is 5.56. The highest BCUT2D eigenvalue weighted by atomic mass is 16.5. The highest BCUT2D eigenvalue weighted by Gasteiger charge is 2.17. The molecule has 8 nitrogen and oxygen atoms in total. The molecular weight excluding hydrogens is 466 g/mol. The zero-order valence-electron chi connectivity index (χ0n) is 21.6. The van der Waals surface area contributed by atoms with Gasteiger partial charge in [-0.1, -0.05) is 18.2 Å². The smallest absolute Gasteiger partial charge is 0.223 e. The number of rotatable bonds is 9. The number of anilines is 2. The van der Waals surface area contributed by atoms with Crippen molar-refractivity contribution in [3.63, 3.8) is 0 Å². The molecule has 0 unspecified atom stereocenters. The summed E-state index contributed by atoms with van der Waals surface area (Å²) in [6, 6.07) is 18.5. The first-order valence-corrected chi connectivity index (χ1v) is 12.5. The van der Waals surface area contributed by atoms with E-state index < -0.39 is 0 Å². The third-order valence-corrected chi connectivity index (χ3v) is 6.71. The zero-order chi connectivity index (χ0) is 25.6. The Labute approximate surface area is 217 Å². The van der Waals surface area contributed by atoms with Gasteiger partial charge in [0.1, 0.15) is 5.75 Å². The molecule has 192 valence electrons. The molecule has 8 heteroatoms. The maximum absolute atomic E-state index is 5.56. The average molecular weight is 500 g/mol. The monoisotopic (exact) mass is 499 g/mol. The van der Waals surface area contributed by atoms with Gasteiger partial charge >= 0.3 is 0 Å². The van der Waals surface area contributed by atoms with Crippen molar-refractivity contribution in [3.05, 3.63) is 66.4 Å². The van der Waals surface area contributed by atoms with Crippen LogP contribution in [0.1, 0.15) is 5.56 Å². The molecule has 1 saturated heterocycles. The lowest BCUT2D eigenvalue weighted by atomic mass is 10.0. The summed E-state index contributed by atoms with van der Waals surface area (Å²) in [5, 5.41) is 9.15. The summed E-state index contributed by atoms with van der Waals surface area (Å²) in [5.74, 6) is 2.94.